The van der Waals surface area contributed by atoms with Crippen LogP contribution in [0.1, 0.15) is 33.1 Å². The number of fused-ring (bicyclic) bond motifs is 1. The van der Waals surface area contributed by atoms with Crippen LogP contribution in [0.15, 0.2) is 36.5 Å². The number of rotatable bonds is 2. The molecular weight excluding hydrogens is 232 g/mol. The average molecular weight is 254 g/mol. The molecule has 1 N–H and O–H groups in total. The fourth-order valence-corrected chi connectivity index (χ4v) is 3.51. The smallest absolute Gasteiger partial charge is 0.0722 e. The van der Waals surface area contributed by atoms with Crippen molar-refractivity contribution in [2.24, 2.45) is 11.8 Å². The zero-order chi connectivity index (χ0) is 13.2. The molecule has 1 heterocycles. The molecule has 0 saturated heterocycles. The summed E-state index contributed by atoms with van der Waals surface area (Å²) in [6.45, 7) is 4.74. The fraction of sp³-hybridized carbons (Fsp3) is 0.471. The van der Waals surface area contributed by atoms with Crippen LogP contribution in [0, 0.1) is 11.8 Å². The zero-order valence-electron chi connectivity index (χ0n) is 11.8. The minimum atomic E-state index is 0.601. The van der Waals surface area contributed by atoms with Crippen LogP contribution in [0.3, 0.4) is 0 Å². The molecule has 2 aromatic rings. The van der Waals surface area contributed by atoms with Gasteiger partial charge in [0.05, 0.1) is 5.52 Å². The Kier molecular flexibility index (Phi) is 3.41. The number of nitrogens with one attached hydrogen (secondary N) is 1. The lowest BCUT2D eigenvalue weighted by molar-refractivity contribution is 0.281. The van der Waals surface area contributed by atoms with Gasteiger partial charge in [-0.25, -0.2) is 0 Å². The summed E-state index contributed by atoms with van der Waals surface area (Å²) in [6.07, 6.45) is 5.83. The van der Waals surface area contributed by atoms with Crippen LogP contribution in [0.25, 0.3) is 10.9 Å². The Morgan fingerprint density at radius 3 is 2.53 bits per heavy atom. The Labute approximate surface area is 115 Å². The quantitative estimate of drug-likeness (QED) is 0.855. The molecule has 2 nitrogen and oxygen atoms in total. The maximum Gasteiger partial charge on any atom is 0.0722 e. The van der Waals surface area contributed by atoms with Crippen molar-refractivity contribution in [3.63, 3.8) is 0 Å². The Bertz CT molecular complexity index is 549. The highest BCUT2D eigenvalue weighted by molar-refractivity contribution is 5.90. The molecule has 2 atom stereocenters. The molecule has 0 bridgehead atoms. The van der Waals surface area contributed by atoms with Gasteiger partial charge in [0.15, 0.2) is 0 Å². The number of pyridine rings is 1. The van der Waals surface area contributed by atoms with Gasteiger partial charge in [0, 0.05) is 23.3 Å². The van der Waals surface area contributed by atoms with Gasteiger partial charge >= 0.3 is 0 Å². The standard InChI is InChI=1S/C17H22N2/c1-12-9-13(2)11-14(10-12)19-17-7-8-18-16-6-4-3-5-15(16)17/h3-8,12-14H,9-11H2,1-2H3,(H,18,19). The monoisotopic (exact) mass is 254 g/mol. The number of benzene rings is 1. The number of nitrogens with zero attached hydrogens (tertiary/aromatic N) is 1. The number of anilines is 1. The van der Waals surface area contributed by atoms with E-state index in [9.17, 15) is 0 Å². The van der Waals surface area contributed by atoms with Crippen LogP contribution >= 0.6 is 0 Å². The maximum absolute atomic E-state index is 4.42. The molecule has 2 unspecified atom stereocenters. The van der Waals surface area contributed by atoms with Crippen molar-refractivity contribution in [3.05, 3.63) is 36.5 Å². The summed E-state index contributed by atoms with van der Waals surface area (Å²) in [7, 11) is 0. The molecule has 19 heavy (non-hydrogen) atoms. The third-order valence-electron chi connectivity index (χ3n) is 4.19. The van der Waals surface area contributed by atoms with E-state index in [1.165, 1.54) is 30.3 Å². The number of aromatic nitrogens is 1. The predicted molar refractivity (Wildman–Crippen MR) is 81.3 cm³/mol. The molecule has 2 heteroatoms. The van der Waals surface area contributed by atoms with Gasteiger partial charge in [-0.1, -0.05) is 32.0 Å². The van der Waals surface area contributed by atoms with Crippen molar-refractivity contribution in [1.29, 1.82) is 0 Å². The van der Waals surface area contributed by atoms with Crippen LogP contribution in [0.2, 0.25) is 0 Å². The van der Waals surface area contributed by atoms with Gasteiger partial charge < -0.3 is 5.32 Å². The van der Waals surface area contributed by atoms with E-state index in [1.807, 2.05) is 12.3 Å². The summed E-state index contributed by atoms with van der Waals surface area (Å²) in [5.74, 6) is 1.66. The van der Waals surface area contributed by atoms with Crippen LogP contribution < -0.4 is 5.32 Å². The zero-order valence-corrected chi connectivity index (χ0v) is 11.8. The van der Waals surface area contributed by atoms with Gasteiger partial charge in [-0.2, -0.15) is 0 Å². The van der Waals surface area contributed by atoms with Crippen molar-refractivity contribution < 1.29 is 0 Å². The van der Waals surface area contributed by atoms with Gasteiger partial charge in [-0.15, -0.1) is 0 Å². The Balaban J connectivity index is 1.85. The molecule has 3 rings (SSSR count). The molecule has 0 aliphatic heterocycles. The normalized spacial score (nSPS) is 27.4. The predicted octanol–water partition coefficient (Wildman–Crippen LogP) is 4.47. The molecule has 0 radical (unpaired) electrons. The number of para-hydroxylation sites is 1. The van der Waals surface area contributed by atoms with E-state index < -0.39 is 0 Å². The summed E-state index contributed by atoms with van der Waals surface area (Å²) >= 11 is 0. The lowest BCUT2D eigenvalue weighted by Gasteiger charge is -2.32. The lowest BCUT2D eigenvalue weighted by Crippen LogP contribution is -2.30. The lowest BCUT2D eigenvalue weighted by atomic mass is 9.80. The second kappa shape index (κ2) is 5.20. The second-order valence-corrected chi connectivity index (χ2v) is 6.13. The van der Waals surface area contributed by atoms with Crippen LogP contribution in [0.5, 0.6) is 0 Å². The highest BCUT2D eigenvalue weighted by atomic mass is 14.9. The van der Waals surface area contributed by atoms with Crippen molar-refractivity contribution in [1.82, 2.24) is 4.98 Å². The summed E-state index contributed by atoms with van der Waals surface area (Å²) in [6, 6.07) is 11.1. The average Bonchev–Trinajstić information content (AvgIpc) is 2.38. The highest BCUT2D eigenvalue weighted by Crippen LogP contribution is 2.31. The van der Waals surface area contributed by atoms with Gasteiger partial charge in [-0.05, 0) is 43.2 Å². The van der Waals surface area contributed by atoms with Crippen molar-refractivity contribution in [3.8, 4) is 0 Å². The van der Waals surface area contributed by atoms with Crippen molar-refractivity contribution >= 4 is 16.6 Å². The third kappa shape index (κ3) is 2.73. The largest absolute Gasteiger partial charge is 0.382 e. The Morgan fingerprint density at radius 1 is 1.00 bits per heavy atom. The Hall–Kier alpha value is -1.57. The van der Waals surface area contributed by atoms with Crippen LogP contribution in [-0.4, -0.2) is 11.0 Å². The van der Waals surface area contributed by atoms with Crippen molar-refractivity contribution in [2.75, 3.05) is 5.32 Å². The summed E-state index contributed by atoms with van der Waals surface area (Å²) < 4.78 is 0. The summed E-state index contributed by atoms with van der Waals surface area (Å²) in [5.41, 5.74) is 2.31. The fourth-order valence-electron chi connectivity index (χ4n) is 3.51. The van der Waals surface area contributed by atoms with E-state index in [2.05, 4.69) is 48.4 Å². The van der Waals surface area contributed by atoms with Gasteiger partial charge in [0.25, 0.3) is 0 Å². The number of hydrogen-bond donors (Lipinski definition) is 1. The molecule has 0 spiro atoms. The maximum atomic E-state index is 4.42. The highest BCUT2D eigenvalue weighted by Gasteiger charge is 2.23. The molecule has 1 fully saturated rings. The third-order valence-corrected chi connectivity index (χ3v) is 4.19. The molecule has 1 aromatic heterocycles. The molecule has 100 valence electrons. The van der Waals surface area contributed by atoms with Gasteiger partial charge in [0.2, 0.25) is 0 Å². The number of hydrogen-bond acceptors (Lipinski definition) is 2. The first-order valence-electron chi connectivity index (χ1n) is 7.32. The molecule has 0 amide bonds. The van der Waals surface area contributed by atoms with E-state index in [0.717, 1.165) is 17.4 Å². The molecule has 1 aliphatic carbocycles. The van der Waals surface area contributed by atoms with Crippen LogP contribution in [-0.2, 0) is 0 Å². The van der Waals surface area contributed by atoms with E-state index in [4.69, 9.17) is 0 Å². The van der Waals surface area contributed by atoms with E-state index in [1.54, 1.807) is 0 Å². The molecule has 1 aromatic carbocycles. The van der Waals surface area contributed by atoms with E-state index >= 15 is 0 Å². The SMILES string of the molecule is CC1CC(C)CC(Nc2ccnc3ccccc23)C1. The first kappa shape index (κ1) is 12.5. The minimum absolute atomic E-state index is 0.601. The van der Waals surface area contributed by atoms with Gasteiger partial charge in [0.1, 0.15) is 0 Å². The first-order valence-corrected chi connectivity index (χ1v) is 7.32. The molecule has 1 aliphatic rings. The Morgan fingerprint density at radius 2 is 1.74 bits per heavy atom. The first-order chi connectivity index (χ1) is 9.22. The summed E-state index contributed by atoms with van der Waals surface area (Å²) in [4.78, 5) is 4.42. The minimum Gasteiger partial charge on any atom is -0.382 e. The van der Waals surface area contributed by atoms with Crippen LogP contribution in [0.4, 0.5) is 5.69 Å². The molecular formula is C17H22N2. The topological polar surface area (TPSA) is 24.9 Å². The van der Waals surface area contributed by atoms with E-state index in [-0.39, 0.29) is 0 Å². The molecule has 1 saturated carbocycles. The van der Waals surface area contributed by atoms with Gasteiger partial charge in [-0.3, -0.25) is 4.98 Å². The van der Waals surface area contributed by atoms with Crippen molar-refractivity contribution in [2.45, 2.75) is 39.2 Å². The summed E-state index contributed by atoms with van der Waals surface area (Å²) in [5, 5.41) is 4.98. The van der Waals surface area contributed by atoms with E-state index in [0.29, 0.717) is 6.04 Å². The second-order valence-electron chi connectivity index (χ2n) is 6.13.